The summed E-state index contributed by atoms with van der Waals surface area (Å²) in [5, 5.41) is 8.68. The van der Waals surface area contributed by atoms with E-state index in [0.717, 1.165) is 0 Å². The van der Waals surface area contributed by atoms with Gasteiger partial charge in [-0.3, -0.25) is 9.36 Å². The van der Waals surface area contributed by atoms with E-state index in [1.807, 2.05) is 6.92 Å². The van der Waals surface area contributed by atoms with Gasteiger partial charge in [-0.1, -0.05) is 23.9 Å². The number of hydrogen-bond acceptors (Lipinski definition) is 6. The first kappa shape index (κ1) is 18.2. The highest BCUT2D eigenvalue weighted by atomic mass is 32.2. The number of benzene rings is 1. The fraction of sp³-hybridized carbons (Fsp3) is 0.400. The summed E-state index contributed by atoms with van der Waals surface area (Å²) in [7, 11) is 1.59. The number of ether oxygens (including phenoxy) is 2. The van der Waals surface area contributed by atoms with Crippen LogP contribution in [-0.2, 0) is 16.1 Å². The summed E-state index contributed by atoms with van der Waals surface area (Å²) in [5.74, 6) is -0.158. The molecule has 130 valence electrons. The molecule has 7 nitrogen and oxygen atoms in total. The summed E-state index contributed by atoms with van der Waals surface area (Å²) in [6.45, 7) is 2.39. The number of primary amides is 1. The molecule has 2 aromatic rings. The summed E-state index contributed by atoms with van der Waals surface area (Å²) in [5.41, 5.74) is 5.18. The average molecular weight is 354 g/mol. The largest absolute Gasteiger partial charge is 0.483 e. The number of thioether (sulfide) groups is 1. The SMILES string of the molecule is COC[C@H](C)n1c(COc2ccccc2F)nnc1SCC(N)=O. The molecule has 1 amide bonds. The predicted octanol–water partition coefficient (Wildman–Crippen LogP) is 1.78. The van der Waals surface area contributed by atoms with E-state index >= 15 is 0 Å². The second kappa shape index (κ2) is 8.65. The molecular formula is C15H19FN4O3S. The van der Waals surface area contributed by atoms with Gasteiger partial charge in [0.2, 0.25) is 5.91 Å². The van der Waals surface area contributed by atoms with Crippen LogP contribution in [0.25, 0.3) is 0 Å². The first-order valence-electron chi connectivity index (χ1n) is 7.24. The molecule has 0 spiro atoms. The van der Waals surface area contributed by atoms with Crippen molar-refractivity contribution >= 4 is 17.7 Å². The van der Waals surface area contributed by atoms with Crippen LogP contribution in [0.3, 0.4) is 0 Å². The number of amides is 1. The normalized spacial score (nSPS) is 12.1. The van der Waals surface area contributed by atoms with Crippen molar-refractivity contribution in [1.82, 2.24) is 14.8 Å². The minimum absolute atomic E-state index is 0.0408. The monoisotopic (exact) mass is 354 g/mol. The van der Waals surface area contributed by atoms with Crippen LogP contribution < -0.4 is 10.5 Å². The highest BCUT2D eigenvalue weighted by Crippen LogP contribution is 2.23. The molecule has 1 aromatic heterocycles. The number of carbonyl (C=O) groups is 1. The zero-order chi connectivity index (χ0) is 17.5. The van der Waals surface area contributed by atoms with Gasteiger partial charge >= 0.3 is 0 Å². The minimum atomic E-state index is -0.447. The van der Waals surface area contributed by atoms with E-state index in [1.165, 1.54) is 23.9 Å². The van der Waals surface area contributed by atoms with E-state index in [1.54, 1.807) is 23.8 Å². The van der Waals surface area contributed by atoms with Crippen molar-refractivity contribution in [1.29, 1.82) is 0 Å². The molecule has 0 aliphatic carbocycles. The molecule has 0 unspecified atom stereocenters. The van der Waals surface area contributed by atoms with E-state index < -0.39 is 11.7 Å². The summed E-state index contributed by atoms with van der Waals surface area (Å²) >= 11 is 1.18. The molecule has 0 fully saturated rings. The molecule has 2 rings (SSSR count). The van der Waals surface area contributed by atoms with Gasteiger partial charge in [-0.15, -0.1) is 10.2 Å². The first-order chi connectivity index (χ1) is 11.5. The van der Waals surface area contributed by atoms with E-state index in [2.05, 4.69) is 10.2 Å². The Morgan fingerprint density at radius 2 is 2.17 bits per heavy atom. The van der Waals surface area contributed by atoms with Gasteiger partial charge in [0.15, 0.2) is 22.5 Å². The first-order valence-corrected chi connectivity index (χ1v) is 8.22. The molecular weight excluding hydrogens is 335 g/mol. The Kier molecular flexibility index (Phi) is 6.56. The molecule has 2 N–H and O–H groups in total. The lowest BCUT2D eigenvalue weighted by molar-refractivity contribution is -0.115. The van der Waals surface area contributed by atoms with Gasteiger partial charge in [0, 0.05) is 7.11 Å². The molecule has 0 radical (unpaired) electrons. The number of hydrogen-bond donors (Lipinski definition) is 1. The molecule has 24 heavy (non-hydrogen) atoms. The summed E-state index contributed by atoms with van der Waals surface area (Å²) in [6, 6.07) is 6.05. The highest BCUT2D eigenvalue weighted by Gasteiger charge is 2.19. The average Bonchev–Trinajstić information content (AvgIpc) is 2.95. The summed E-state index contributed by atoms with van der Waals surface area (Å²) in [6.07, 6.45) is 0. The number of aromatic nitrogens is 3. The van der Waals surface area contributed by atoms with Crippen molar-refractivity contribution in [2.45, 2.75) is 24.7 Å². The maximum absolute atomic E-state index is 13.6. The molecule has 0 aliphatic heterocycles. The number of carbonyl (C=O) groups excluding carboxylic acids is 1. The van der Waals surface area contributed by atoms with Crippen molar-refractivity contribution in [3.05, 3.63) is 35.9 Å². The maximum atomic E-state index is 13.6. The third-order valence-corrected chi connectivity index (χ3v) is 4.09. The van der Waals surface area contributed by atoms with Crippen molar-refractivity contribution < 1.29 is 18.7 Å². The van der Waals surface area contributed by atoms with E-state index in [4.69, 9.17) is 15.2 Å². The quantitative estimate of drug-likeness (QED) is 0.690. The topological polar surface area (TPSA) is 92.3 Å². The van der Waals surface area contributed by atoms with Crippen molar-refractivity contribution in [2.75, 3.05) is 19.5 Å². The van der Waals surface area contributed by atoms with E-state index in [0.29, 0.717) is 17.6 Å². The van der Waals surface area contributed by atoms with Gasteiger partial charge in [0.25, 0.3) is 0 Å². The summed E-state index contributed by atoms with van der Waals surface area (Å²) < 4.78 is 26.1. The van der Waals surface area contributed by atoms with Crippen molar-refractivity contribution in [3.63, 3.8) is 0 Å². The van der Waals surface area contributed by atoms with Crippen LogP contribution in [0.4, 0.5) is 4.39 Å². The number of nitrogens with zero attached hydrogens (tertiary/aromatic N) is 3. The van der Waals surface area contributed by atoms with Crippen molar-refractivity contribution in [3.8, 4) is 5.75 Å². The molecule has 0 saturated heterocycles. The highest BCUT2D eigenvalue weighted by molar-refractivity contribution is 7.99. The molecule has 1 atom stereocenters. The minimum Gasteiger partial charge on any atom is -0.483 e. The van der Waals surface area contributed by atoms with Crippen LogP contribution in [0, 0.1) is 5.82 Å². The third kappa shape index (κ3) is 4.68. The maximum Gasteiger partial charge on any atom is 0.227 e. The number of nitrogens with two attached hydrogens (primary N) is 1. The van der Waals surface area contributed by atoms with Gasteiger partial charge < -0.3 is 15.2 Å². The molecule has 0 saturated carbocycles. The second-order valence-corrected chi connectivity index (χ2v) is 5.99. The predicted molar refractivity (Wildman–Crippen MR) is 87.3 cm³/mol. The van der Waals surface area contributed by atoms with Crippen molar-refractivity contribution in [2.24, 2.45) is 5.73 Å². The Morgan fingerprint density at radius 1 is 1.42 bits per heavy atom. The Bertz CT molecular complexity index is 695. The lowest BCUT2D eigenvalue weighted by Gasteiger charge is -2.17. The zero-order valence-corrected chi connectivity index (χ0v) is 14.3. The van der Waals surface area contributed by atoms with Crippen LogP contribution in [0.2, 0.25) is 0 Å². The molecule has 0 bridgehead atoms. The second-order valence-electron chi connectivity index (χ2n) is 5.05. The molecule has 0 aliphatic rings. The van der Waals surface area contributed by atoms with E-state index in [9.17, 15) is 9.18 Å². The fourth-order valence-corrected chi connectivity index (χ4v) is 2.90. The standard InChI is InChI=1S/C15H19FN4O3S/c1-10(7-22-2)20-14(18-19-15(20)24-9-13(17)21)8-23-12-6-4-3-5-11(12)16/h3-6,10H,7-9H2,1-2H3,(H2,17,21)/t10-/m0/s1. The van der Waals surface area contributed by atoms with Gasteiger partial charge in [-0.2, -0.15) is 0 Å². The lowest BCUT2D eigenvalue weighted by Crippen LogP contribution is -2.18. The number of rotatable bonds is 9. The zero-order valence-electron chi connectivity index (χ0n) is 13.4. The van der Waals surface area contributed by atoms with Crippen LogP contribution >= 0.6 is 11.8 Å². The Balaban J connectivity index is 2.18. The van der Waals surface area contributed by atoms with Crippen LogP contribution in [0.15, 0.2) is 29.4 Å². The van der Waals surface area contributed by atoms with Gasteiger partial charge in [-0.25, -0.2) is 4.39 Å². The van der Waals surface area contributed by atoms with E-state index in [-0.39, 0.29) is 24.2 Å². The molecule has 1 heterocycles. The summed E-state index contributed by atoms with van der Waals surface area (Å²) in [4.78, 5) is 11.0. The van der Waals surface area contributed by atoms with Crippen LogP contribution in [-0.4, -0.2) is 40.1 Å². The number of methoxy groups -OCH3 is 1. The Labute approximate surface area is 143 Å². The Hall–Kier alpha value is -2.13. The fourth-order valence-electron chi connectivity index (χ4n) is 2.10. The van der Waals surface area contributed by atoms with Gasteiger partial charge in [0.05, 0.1) is 18.4 Å². The van der Waals surface area contributed by atoms with Crippen LogP contribution in [0.5, 0.6) is 5.75 Å². The number of para-hydroxylation sites is 1. The molecule has 9 heteroatoms. The molecule has 1 aromatic carbocycles. The van der Waals surface area contributed by atoms with Crippen LogP contribution in [0.1, 0.15) is 18.8 Å². The lowest BCUT2D eigenvalue weighted by atomic mass is 10.3. The smallest absolute Gasteiger partial charge is 0.227 e. The Morgan fingerprint density at radius 3 is 2.83 bits per heavy atom. The number of halogens is 1. The van der Waals surface area contributed by atoms with Gasteiger partial charge in [0.1, 0.15) is 6.61 Å². The third-order valence-electron chi connectivity index (χ3n) is 3.12. The van der Waals surface area contributed by atoms with Gasteiger partial charge in [-0.05, 0) is 19.1 Å².